The third-order valence-corrected chi connectivity index (χ3v) is 4.27. The summed E-state index contributed by atoms with van der Waals surface area (Å²) in [5.74, 6) is 1.64. The highest BCUT2D eigenvalue weighted by molar-refractivity contribution is 6.33. The first-order chi connectivity index (χ1) is 11.1. The van der Waals surface area contributed by atoms with Crippen molar-refractivity contribution < 1.29 is 9.21 Å². The highest BCUT2D eigenvalue weighted by atomic mass is 35.5. The molecule has 1 aliphatic carbocycles. The smallest absolute Gasteiger partial charge is 0.325 e. The summed E-state index contributed by atoms with van der Waals surface area (Å²) >= 11 is 6.18. The Hall–Kier alpha value is -2.34. The van der Waals surface area contributed by atoms with Gasteiger partial charge in [-0.1, -0.05) is 23.7 Å². The topological polar surface area (TPSA) is 72.4 Å². The Morgan fingerprint density at radius 3 is 2.96 bits per heavy atom. The van der Waals surface area contributed by atoms with Gasteiger partial charge >= 0.3 is 5.84 Å². The highest BCUT2D eigenvalue weighted by Crippen LogP contribution is 2.28. The van der Waals surface area contributed by atoms with E-state index in [1.807, 2.05) is 18.2 Å². The molecule has 3 aromatic rings. The Morgan fingerprint density at radius 2 is 2.22 bits per heavy atom. The number of carbonyl (C=O) groups is 1. The van der Waals surface area contributed by atoms with Crippen LogP contribution in [0.25, 0.3) is 17.2 Å². The molecule has 7 heteroatoms. The van der Waals surface area contributed by atoms with E-state index in [-0.39, 0.29) is 11.8 Å². The Kier molecular flexibility index (Phi) is 3.34. The molecule has 1 aromatic carbocycles. The summed E-state index contributed by atoms with van der Waals surface area (Å²) in [4.78, 5) is 16.7. The number of aryl methyl sites for hydroxylation is 1. The standard InChI is InChI=1S/C16H15ClN4O2/c1-9-13(15(22)18-8-10-6-7-10)21-16(23-9)19-14(20-21)11-4-2-3-5-12(11)17/h2-5,10H,6-8H2,1H3,(H,18,22). The first-order valence-electron chi connectivity index (χ1n) is 7.53. The molecule has 0 bridgehead atoms. The Balaban J connectivity index is 1.72. The predicted octanol–water partition coefficient (Wildman–Crippen LogP) is 3.09. The van der Waals surface area contributed by atoms with Crippen LogP contribution in [0.5, 0.6) is 0 Å². The second-order valence-corrected chi connectivity index (χ2v) is 6.18. The first-order valence-corrected chi connectivity index (χ1v) is 7.90. The lowest BCUT2D eigenvalue weighted by atomic mass is 10.2. The number of fused-ring (bicyclic) bond motifs is 1. The predicted molar refractivity (Wildman–Crippen MR) is 85.5 cm³/mol. The molecule has 118 valence electrons. The van der Waals surface area contributed by atoms with Gasteiger partial charge in [0.25, 0.3) is 5.91 Å². The van der Waals surface area contributed by atoms with Crippen LogP contribution in [0.15, 0.2) is 28.7 Å². The fourth-order valence-electron chi connectivity index (χ4n) is 2.50. The number of halogens is 1. The van der Waals surface area contributed by atoms with Gasteiger partial charge in [0.15, 0.2) is 11.5 Å². The van der Waals surface area contributed by atoms with Crippen LogP contribution in [0.1, 0.15) is 29.1 Å². The van der Waals surface area contributed by atoms with Crippen LogP contribution in [0.4, 0.5) is 0 Å². The van der Waals surface area contributed by atoms with Gasteiger partial charge in [-0.05, 0) is 37.8 Å². The first kappa shape index (κ1) is 14.3. The largest absolute Gasteiger partial charge is 0.427 e. The number of nitrogens with one attached hydrogen (secondary N) is 1. The van der Waals surface area contributed by atoms with Crippen molar-refractivity contribution in [3.8, 4) is 11.4 Å². The minimum Gasteiger partial charge on any atom is -0.427 e. The number of rotatable bonds is 4. The van der Waals surface area contributed by atoms with Crippen LogP contribution < -0.4 is 5.32 Å². The maximum atomic E-state index is 12.4. The van der Waals surface area contributed by atoms with Gasteiger partial charge < -0.3 is 9.73 Å². The van der Waals surface area contributed by atoms with Crippen molar-refractivity contribution >= 4 is 23.4 Å². The Bertz CT molecular complexity index is 895. The molecule has 1 amide bonds. The Morgan fingerprint density at radius 1 is 1.43 bits per heavy atom. The van der Waals surface area contributed by atoms with Gasteiger partial charge in [0, 0.05) is 12.1 Å². The number of oxazole rings is 1. The SMILES string of the molecule is Cc1oc2nc(-c3ccccc3Cl)nn2c1C(=O)NCC1CC1. The lowest BCUT2D eigenvalue weighted by Crippen LogP contribution is -2.27. The molecule has 0 aliphatic heterocycles. The van der Waals surface area contributed by atoms with Gasteiger partial charge in [0.2, 0.25) is 0 Å². The summed E-state index contributed by atoms with van der Waals surface area (Å²) in [6, 6.07) is 7.30. The van der Waals surface area contributed by atoms with Crippen molar-refractivity contribution in [1.29, 1.82) is 0 Å². The van der Waals surface area contributed by atoms with Gasteiger partial charge in [-0.15, -0.1) is 5.10 Å². The zero-order valence-electron chi connectivity index (χ0n) is 12.5. The van der Waals surface area contributed by atoms with E-state index in [4.69, 9.17) is 16.0 Å². The van der Waals surface area contributed by atoms with Crippen LogP contribution in [0.3, 0.4) is 0 Å². The summed E-state index contributed by atoms with van der Waals surface area (Å²) in [7, 11) is 0. The van der Waals surface area contributed by atoms with Crippen molar-refractivity contribution in [3.05, 3.63) is 40.7 Å². The molecule has 0 unspecified atom stereocenters. The minimum atomic E-state index is -0.191. The quantitative estimate of drug-likeness (QED) is 0.798. The zero-order chi connectivity index (χ0) is 16.0. The van der Waals surface area contributed by atoms with Gasteiger partial charge in [-0.25, -0.2) is 0 Å². The lowest BCUT2D eigenvalue weighted by molar-refractivity contribution is 0.0943. The fourth-order valence-corrected chi connectivity index (χ4v) is 2.72. The maximum Gasteiger partial charge on any atom is 0.325 e. The van der Waals surface area contributed by atoms with E-state index in [9.17, 15) is 4.79 Å². The summed E-state index contributed by atoms with van der Waals surface area (Å²) < 4.78 is 7.01. The third-order valence-electron chi connectivity index (χ3n) is 3.95. The summed E-state index contributed by atoms with van der Waals surface area (Å²) in [5.41, 5.74) is 1.08. The monoisotopic (exact) mass is 330 g/mol. The molecule has 1 fully saturated rings. The molecule has 1 N–H and O–H groups in total. The molecule has 1 saturated carbocycles. The molecule has 2 heterocycles. The molecule has 1 aliphatic rings. The van der Waals surface area contributed by atoms with E-state index in [2.05, 4.69) is 15.4 Å². The molecule has 6 nitrogen and oxygen atoms in total. The minimum absolute atomic E-state index is 0.191. The second-order valence-electron chi connectivity index (χ2n) is 5.77. The van der Waals surface area contributed by atoms with Crippen molar-refractivity contribution in [2.45, 2.75) is 19.8 Å². The van der Waals surface area contributed by atoms with Gasteiger partial charge in [-0.3, -0.25) is 4.79 Å². The summed E-state index contributed by atoms with van der Waals surface area (Å²) in [6.07, 6.45) is 2.36. The number of aromatic nitrogens is 3. The highest BCUT2D eigenvalue weighted by Gasteiger charge is 2.26. The molecule has 0 saturated heterocycles. The molecule has 23 heavy (non-hydrogen) atoms. The van der Waals surface area contributed by atoms with E-state index in [0.29, 0.717) is 40.3 Å². The number of nitrogens with zero attached hydrogens (tertiary/aromatic N) is 3. The van der Waals surface area contributed by atoms with E-state index < -0.39 is 0 Å². The van der Waals surface area contributed by atoms with Crippen LogP contribution in [-0.2, 0) is 0 Å². The normalized spacial score (nSPS) is 14.3. The van der Waals surface area contributed by atoms with Crippen LogP contribution in [-0.4, -0.2) is 27.0 Å². The van der Waals surface area contributed by atoms with Crippen LogP contribution >= 0.6 is 11.6 Å². The fraction of sp³-hybridized carbons (Fsp3) is 0.312. The molecule has 0 spiro atoms. The van der Waals surface area contributed by atoms with E-state index >= 15 is 0 Å². The number of carbonyl (C=O) groups excluding carboxylic acids is 1. The number of hydrogen-bond donors (Lipinski definition) is 1. The molecular weight excluding hydrogens is 316 g/mol. The maximum absolute atomic E-state index is 12.4. The van der Waals surface area contributed by atoms with Gasteiger partial charge in [-0.2, -0.15) is 9.50 Å². The summed E-state index contributed by atoms with van der Waals surface area (Å²) in [5, 5.41) is 7.87. The van der Waals surface area contributed by atoms with Gasteiger partial charge in [0.1, 0.15) is 5.76 Å². The number of hydrogen-bond acceptors (Lipinski definition) is 4. The third kappa shape index (κ3) is 2.59. The average molecular weight is 331 g/mol. The molecule has 0 atom stereocenters. The van der Waals surface area contributed by atoms with E-state index in [1.54, 1.807) is 13.0 Å². The summed E-state index contributed by atoms with van der Waals surface area (Å²) in [6.45, 7) is 2.43. The Labute approximate surface area is 137 Å². The van der Waals surface area contributed by atoms with E-state index in [0.717, 1.165) is 0 Å². The van der Waals surface area contributed by atoms with Crippen molar-refractivity contribution in [2.75, 3.05) is 6.54 Å². The average Bonchev–Trinajstić information content (AvgIpc) is 3.19. The lowest BCUT2D eigenvalue weighted by Gasteiger charge is -2.02. The van der Waals surface area contributed by atoms with Crippen LogP contribution in [0.2, 0.25) is 5.02 Å². The van der Waals surface area contributed by atoms with Crippen molar-refractivity contribution in [2.24, 2.45) is 5.92 Å². The van der Waals surface area contributed by atoms with E-state index in [1.165, 1.54) is 17.4 Å². The number of benzene rings is 1. The van der Waals surface area contributed by atoms with Gasteiger partial charge in [0.05, 0.1) is 5.02 Å². The molecule has 2 aromatic heterocycles. The zero-order valence-corrected chi connectivity index (χ0v) is 13.3. The van der Waals surface area contributed by atoms with Crippen molar-refractivity contribution in [1.82, 2.24) is 19.9 Å². The molecular formula is C16H15ClN4O2. The van der Waals surface area contributed by atoms with Crippen molar-refractivity contribution in [3.63, 3.8) is 0 Å². The second kappa shape index (κ2) is 5.38. The molecule has 0 radical (unpaired) electrons. The van der Waals surface area contributed by atoms with Crippen LogP contribution in [0, 0.1) is 12.8 Å². The number of amides is 1. The molecule has 4 rings (SSSR count).